The smallest absolute Gasteiger partial charge is 0.240 e. The van der Waals surface area contributed by atoms with Crippen LogP contribution in [-0.4, -0.2) is 4.98 Å². The molecular weight excluding hydrogens is 360 g/mol. The maximum Gasteiger partial charge on any atom is 0.240 e. The molecule has 2 rings (SSSR count). The van der Waals surface area contributed by atoms with Gasteiger partial charge in [0.05, 0.1) is 5.02 Å². The molecule has 8 heteroatoms. The molecule has 3 N–H and O–H groups in total. The number of hydrogen-bond donors (Lipinski definition) is 2. The summed E-state index contributed by atoms with van der Waals surface area (Å²) in [6.07, 6.45) is 0. The lowest BCUT2D eigenvalue weighted by Crippen LogP contribution is -2.09. The lowest BCUT2D eigenvalue weighted by molar-refractivity contribution is 0.458. The van der Waals surface area contributed by atoms with Crippen LogP contribution in [0.15, 0.2) is 28.7 Å². The third-order valence-corrected chi connectivity index (χ3v) is 3.10. The Morgan fingerprint density at radius 1 is 1.21 bits per heavy atom. The molecule has 0 fully saturated rings. The van der Waals surface area contributed by atoms with Crippen molar-refractivity contribution in [2.24, 2.45) is 5.84 Å². The average Bonchev–Trinajstić information content (AvgIpc) is 2.31. The lowest BCUT2D eigenvalue weighted by atomic mass is 10.3. The van der Waals surface area contributed by atoms with Gasteiger partial charge in [-0.3, -0.25) is 0 Å². The van der Waals surface area contributed by atoms with E-state index in [4.69, 9.17) is 33.8 Å². The second-order valence-electron chi connectivity index (χ2n) is 3.46. The van der Waals surface area contributed by atoms with Crippen molar-refractivity contribution in [3.8, 4) is 11.6 Å². The summed E-state index contributed by atoms with van der Waals surface area (Å²) in [5, 5.41) is 0.435. The number of hydrazine groups is 1. The monoisotopic (exact) mass is 365 g/mol. The molecule has 0 saturated carbocycles. The standard InChI is InChI=1S/C11H7BrCl2FN3O/c12-5-1-6(15)3-7(2-5)19-11-9(14)4-8(13)10(17-11)18-16/h1-4H,16H2,(H,17,18). The molecule has 0 aliphatic carbocycles. The maximum atomic E-state index is 13.2. The highest BCUT2D eigenvalue weighted by molar-refractivity contribution is 9.10. The highest BCUT2D eigenvalue weighted by atomic mass is 79.9. The fourth-order valence-corrected chi connectivity index (χ4v) is 2.22. The number of hydrogen-bond acceptors (Lipinski definition) is 4. The molecule has 1 heterocycles. The number of rotatable bonds is 3. The summed E-state index contributed by atoms with van der Waals surface area (Å²) in [6, 6.07) is 5.50. The molecule has 0 radical (unpaired) electrons. The van der Waals surface area contributed by atoms with Crippen LogP contribution in [0.3, 0.4) is 0 Å². The van der Waals surface area contributed by atoms with E-state index in [1.165, 1.54) is 18.2 Å². The normalized spacial score (nSPS) is 10.4. The molecule has 100 valence electrons. The van der Waals surface area contributed by atoms with Gasteiger partial charge in [-0.25, -0.2) is 10.2 Å². The molecule has 19 heavy (non-hydrogen) atoms. The van der Waals surface area contributed by atoms with E-state index in [9.17, 15) is 4.39 Å². The van der Waals surface area contributed by atoms with Gasteiger partial charge >= 0.3 is 0 Å². The van der Waals surface area contributed by atoms with Crippen molar-refractivity contribution in [2.45, 2.75) is 0 Å². The van der Waals surface area contributed by atoms with Crippen LogP contribution in [0.2, 0.25) is 10.0 Å². The summed E-state index contributed by atoms with van der Waals surface area (Å²) in [4.78, 5) is 3.98. The van der Waals surface area contributed by atoms with Crippen LogP contribution in [0, 0.1) is 5.82 Å². The van der Waals surface area contributed by atoms with Crippen molar-refractivity contribution < 1.29 is 9.13 Å². The summed E-state index contributed by atoms with van der Waals surface area (Å²) in [5.74, 6) is 5.31. The van der Waals surface area contributed by atoms with E-state index in [-0.39, 0.29) is 27.5 Å². The van der Waals surface area contributed by atoms with Gasteiger partial charge in [0.15, 0.2) is 5.82 Å². The Balaban J connectivity index is 2.37. The minimum absolute atomic E-state index is 0.0662. The van der Waals surface area contributed by atoms with Gasteiger partial charge in [-0.2, -0.15) is 4.98 Å². The number of ether oxygens (including phenoxy) is 1. The van der Waals surface area contributed by atoms with Crippen LogP contribution in [0.1, 0.15) is 0 Å². The van der Waals surface area contributed by atoms with Gasteiger partial charge in [0.25, 0.3) is 0 Å². The highest BCUT2D eigenvalue weighted by Gasteiger charge is 2.11. The molecule has 0 atom stereocenters. The first kappa shape index (κ1) is 14.3. The van der Waals surface area contributed by atoms with Gasteiger partial charge in [-0.05, 0) is 18.2 Å². The molecule has 0 aliphatic heterocycles. The van der Waals surface area contributed by atoms with Crippen LogP contribution >= 0.6 is 39.1 Å². The molecule has 1 aromatic heterocycles. The van der Waals surface area contributed by atoms with Crippen molar-refractivity contribution in [1.29, 1.82) is 0 Å². The van der Waals surface area contributed by atoms with Crippen LogP contribution < -0.4 is 16.0 Å². The van der Waals surface area contributed by atoms with E-state index in [1.54, 1.807) is 6.07 Å². The first-order chi connectivity index (χ1) is 8.99. The van der Waals surface area contributed by atoms with Crippen molar-refractivity contribution in [3.63, 3.8) is 0 Å². The van der Waals surface area contributed by atoms with Gasteiger partial charge in [-0.15, -0.1) is 0 Å². The van der Waals surface area contributed by atoms with Gasteiger partial charge in [0, 0.05) is 10.5 Å². The summed E-state index contributed by atoms with van der Waals surface area (Å²) in [7, 11) is 0. The van der Waals surface area contributed by atoms with Crippen molar-refractivity contribution >= 4 is 44.9 Å². The van der Waals surface area contributed by atoms with Crippen molar-refractivity contribution in [2.75, 3.05) is 5.43 Å². The Labute approximate surface area is 126 Å². The number of pyridine rings is 1. The molecule has 0 bridgehead atoms. The molecule has 0 saturated heterocycles. The van der Waals surface area contributed by atoms with Gasteiger partial charge in [0.2, 0.25) is 5.88 Å². The summed E-state index contributed by atoms with van der Waals surface area (Å²) >= 11 is 14.9. The van der Waals surface area contributed by atoms with Crippen molar-refractivity contribution in [1.82, 2.24) is 4.98 Å². The maximum absolute atomic E-state index is 13.2. The van der Waals surface area contributed by atoms with Gasteiger partial charge < -0.3 is 10.2 Å². The number of nitrogens with two attached hydrogens (primary N) is 1. The first-order valence-electron chi connectivity index (χ1n) is 4.96. The molecule has 2 aromatic rings. The van der Waals surface area contributed by atoms with Crippen molar-refractivity contribution in [3.05, 3.63) is 44.6 Å². The van der Waals surface area contributed by atoms with E-state index in [0.717, 1.165) is 0 Å². The Bertz CT molecular complexity index is 607. The van der Waals surface area contributed by atoms with E-state index in [1.807, 2.05) is 0 Å². The van der Waals surface area contributed by atoms with Crippen LogP contribution in [0.5, 0.6) is 11.6 Å². The number of benzene rings is 1. The van der Waals surface area contributed by atoms with E-state index in [2.05, 4.69) is 26.3 Å². The molecule has 0 amide bonds. The molecule has 0 spiro atoms. The number of aromatic nitrogens is 1. The zero-order valence-electron chi connectivity index (χ0n) is 9.25. The number of nitrogens with one attached hydrogen (secondary N) is 1. The van der Waals surface area contributed by atoms with Crippen LogP contribution in [-0.2, 0) is 0 Å². The minimum Gasteiger partial charge on any atom is -0.437 e. The fourth-order valence-electron chi connectivity index (χ4n) is 1.32. The second-order valence-corrected chi connectivity index (χ2v) is 5.19. The number of nitrogens with zero attached hydrogens (tertiary/aromatic N) is 1. The molecular formula is C11H7BrCl2FN3O. The topological polar surface area (TPSA) is 60.2 Å². The van der Waals surface area contributed by atoms with Crippen LogP contribution in [0.4, 0.5) is 10.2 Å². The fraction of sp³-hybridized carbons (Fsp3) is 0. The van der Waals surface area contributed by atoms with E-state index >= 15 is 0 Å². The number of halogens is 4. The third kappa shape index (κ3) is 3.48. The minimum atomic E-state index is -0.452. The van der Waals surface area contributed by atoms with E-state index < -0.39 is 5.82 Å². The second kappa shape index (κ2) is 5.92. The zero-order valence-corrected chi connectivity index (χ0v) is 12.4. The van der Waals surface area contributed by atoms with Gasteiger partial charge in [0.1, 0.15) is 16.6 Å². The molecule has 0 unspecified atom stereocenters. The zero-order chi connectivity index (χ0) is 14.0. The molecule has 4 nitrogen and oxygen atoms in total. The number of nitrogen functional groups attached to an aromatic ring is 1. The average molecular weight is 367 g/mol. The quantitative estimate of drug-likeness (QED) is 0.625. The Morgan fingerprint density at radius 2 is 1.95 bits per heavy atom. The highest BCUT2D eigenvalue weighted by Crippen LogP contribution is 2.34. The Kier molecular flexibility index (Phi) is 4.46. The van der Waals surface area contributed by atoms with E-state index in [0.29, 0.717) is 4.47 Å². The summed E-state index contributed by atoms with van der Waals surface area (Å²) in [5.41, 5.74) is 2.31. The Hall–Kier alpha value is -1.08. The Morgan fingerprint density at radius 3 is 2.58 bits per heavy atom. The third-order valence-electron chi connectivity index (χ3n) is 2.08. The summed E-state index contributed by atoms with van der Waals surface area (Å²) in [6.45, 7) is 0. The predicted octanol–water partition coefficient (Wildman–Crippen LogP) is 4.37. The predicted molar refractivity (Wildman–Crippen MR) is 76.2 cm³/mol. The first-order valence-corrected chi connectivity index (χ1v) is 6.51. The largest absolute Gasteiger partial charge is 0.437 e. The van der Waals surface area contributed by atoms with Gasteiger partial charge in [-0.1, -0.05) is 39.1 Å². The number of anilines is 1. The molecule has 0 aliphatic rings. The SMILES string of the molecule is NNc1nc(Oc2cc(F)cc(Br)c2)c(Cl)cc1Cl. The molecule has 1 aromatic carbocycles. The summed E-state index contributed by atoms with van der Waals surface area (Å²) < 4.78 is 19.2. The lowest BCUT2D eigenvalue weighted by Gasteiger charge is -2.10. The van der Waals surface area contributed by atoms with Crippen LogP contribution in [0.25, 0.3) is 0 Å².